The van der Waals surface area contributed by atoms with Crippen molar-refractivity contribution >= 4 is 23.3 Å². The van der Waals surface area contributed by atoms with Crippen molar-refractivity contribution in [3.63, 3.8) is 0 Å². The molecule has 6 nitrogen and oxygen atoms in total. The number of piperazine rings is 1. The van der Waals surface area contributed by atoms with E-state index in [1.54, 1.807) is 6.92 Å². The number of carboxylic acids is 1. The van der Waals surface area contributed by atoms with Gasteiger partial charge in [-0.1, -0.05) is 0 Å². The lowest BCUT2D eigenvalue weighted by Gasteiger charge is -2.43. The number of amides is 1. The number of aryl methyl sites for hydroxylation is 1. The second-order valence-electron chi connectivity index (χ2n) is 5.50. The van der Waals surface area contributed by atoms with E-state index in [-0.39, 0.29) is 17.2 Å². The molecule has 0 aliphatic carbocycles. The first-order valence-electron chi connectivity index (χ1n) is 6.44. The van der Waals surface area contributed by atoms with Crippen LogP contribution >= 0.6 is 0 Å². The van der Waals surface area contributed by atoms with Crippen molar-refractivity contribution in [3.8, 4) is 0 Å². The summed E-state index contributed by atoms with van der Waals surface area (Å²) in [5, 5.41) is 12.0. The standard InChI is InChI=1S/C14H19N3O3/c1-8-6-9(7-10(11(8)15)12(18)19)17-5-4-16-13(20)14(17,2)3/h6-7H,4-5,15H2,1-3H3,(H,16,20)(H,18,19). The summed E-state index contributed by atoms with van der Waals surface area (Å²) in [4.78, 5) is 25.1. The highest BCUT2D eigenvalue weighted by Gasteiger charge is 2.38. The maximum Gasteiger partial charge on any atom is 0.337 e. The second kappa shape index (κ2) is 4.70. The Kier molecular flexibility index (Phi) is 3.33. The Morgan fingerprint density at radius 3 is 2.70 bits per heavy atom. The molecule has 0 saturated carbocycles. The van der Waals surface area contributed by atoms with Gasteiger partial charge in [0.05, 0.1) is 5.56 Å². The summed E-state index contributed by atoms with van der Waals surface area (Å²) < 4.78 is 0. The van der Waals surface area contributed by atoms with E-state index in [2.05, 4.69) is 5.32 Å². The summed E-state index contributed by atoms with van der Waals surface area (Å²) in [7, 11) is 0. The summed E-state index contributed by atoms with van der Waals surface area (Å²) in [6.07, 6.45) is 0. The lowest BCUT2D eigenvalue weighted by atomic mass is 9.96. The third-order valence-corrected chi connectivity index (χ3v) is 3.77. The number of nitrogens with zero attached hydrogens (tertiary/aromatic N) is 1. The van der Waals surface area contributed by atoms with E-state index in [1.807, 2.05) is 24.8 Å². The van der Waals surface area contributed by atoms with E-state index in [9.17, 15) is 14.7 Å². The molecule has 0 spiro atoms. The second-order valence-corrected chi connectivity index (χ2v) is 5.50. The van der Waals surface area contributed by atoms with Crippen molar-refractivity contribution in [2.45, 2.75) is 26.3 Å². The first-order chi connectivity index (χ1) is 9.25. The predicted octanol–water partition coefficient (Wildman–Crippen LogP) is 0.990. The van der Waals surface area contributed by atoms with Crippen molar-refractivity contribution in [2.24, 2.45) is 0 Å². The number of nitrogen functional groups attached to an aromatic ring is 1. The zero-order valence-corrected chi connectivity index (χ0v) is 11.9. The Bertz CT molecular complexity index is 581. The molecule has 1 amide bonds. The van der Waals surface area contributed by atoms with Gasteiger partial charge in [0.2, 0.25) is 5.91 Å². The normalized spacial score (nSPS) is 17.8. The molecule has 0 radical (unpaired) electrons. The van der Waals surface area contributed by atoms with Crippen LogP contribution in [-0.4, -0.2) is 35.6 Å². The van der Waals surface area contributed by atoms with Crippen molar-refractivity contribution < 1.29 is 14.7 Å². The van der Waals surface area contributed by atoms with E-state index >= 15 is 0 Å². The first-order valence-corrected chi connectivity index (χ1v) is 6.44. The molecule has 1 aliphatic rings. The largest absolute Gasteiger partial charge is 0.478 e. The lowest BCUT2D eigenvalue weighted by molar-refractivity contribution is -0.126. The lowest BCUT2D eigenvalue weighted by Crippen LogP contribution is -2.62. The number of carbonyl (C=O) groups is 2. The van der Waals surface area contributed by atoms with Crippen LogP contribution in [0.1, 0.15) is 29.8 Å². The number of benzene rings is 1. The third-order valence-electron chi connectivity index (χ3n) is 3.77. The summed E-state index contributed by atoms with van der Waals surface area (Å²) in [6.45, 7) is 6.55. The Balaban J connectivity index is 2.52. The topological polar surface area (TPSA) is 95.7 Å². The van der Waals surface area contributed by atoms with Crippen LogP contribution in [-0.2, 0) is 4.79 Å². The number of hydrogen-bond acceptors (Lipinski definition) is 4. The highest BCUT2D eigenvalue weighted by atomic mass is 16.4. The Labute approximate surface area is 117 Å². The van der Waals surface area contributed by atoms with Gasteiger partial charge in [-0.3, -0.25) is 4.79 Å². The van der Waals surface area contributed by atoms with Gasteiger partial charge in [0.25, 0.3) is 0 Å². The van der Waals surface area contributed by atoms with Crippen LogP contribution in [0.15, 0.2) is 12.1 Å². The molecule has 0 bridgehead atoms. The summed E-state index contributed by atoms with van der Waals surface area (Å²) in [5.74, 6) is -1.14. The van der Waals surface area contributed by atoms with Gasteiger partial charge in [0.1, 0.15) is 5.54 Å². The van der Waals surface area contributed by atoms with Crippen molar-refractivity contribution in [1.82, 2.24) is 5.32 Å². The molecule has 2 rings (SSSR count). The molecule has 1 heterocycles. The van der Waals surface area contributed by atoms with Crippen LogP contribution in [0, 0.1) is 6.92 Å². The fourth-order valence-corrected chi connectivity index (χ4v) is 2.46. The average molecular weight is 277 g/mol. The van der Waals surface area contributed by atoms with Crippen LogP contribution in [0.4, 0.5) is 11.4 Å². The van der Waals surface area contributed by atoms with Gasteiger partial charge in [-0.05, 0) is 38.5 Å². The van der Waals surface area contributed by atoms with Gasteiger partial charge in [-0.2, -0.15) is 0 Å². The van der Waals surface area contributed by atoms with Gasteiger partial charge < -0.3 is 21.1 Å². The molecule has 1 aromatic rings. The molecule has 20 heavy (non-hydrogen) atoms. The maximum atomic E-state index is 12.0. The van der Waals surface area contributed by atoms with E-state index < -0.39 is 11.5 Å². The van der Waals surface area contributed by atoms with Crippen LogP contribution in [0.5, 0.6) is 0 Å². The van der Waals surface area contributed by atoms with Gasteiger partial charge in [0, 0.05) is 24.5 Å². The number of rotatable bonds is 2. The number of carbonyl (C=O) groups excluding carboxylic acids is 1. The number of nitrogens with two attached hydrogens (primary N) is 1. The van der Waals surface area contributed by atoms with Gasteiger partial charge in [-0.15, -0.1) is 0 Å². The zero-order chi connectivity index (χ0) is 15.1. The van der Waals surface area contributed by atoms with Crippen LogP contribution in [0.25, 0.3) is 0 Å². The smallest absolute Gasteiger partial charge is 0.337 e. The molecule has 4 N–H and O–H groups in total. The van der Waals surface area contributed by atoms with Gasteiger partial charge >= 0.3 is 5.97 Å². The molecule has 1 aliphatic heterocycles. The Hall–Kier alpha value is -2.24. The number of carboxylic acid groups (broad SMARTS) is 1. The highest BCUT2D eigenvalue weighted by molar-refractivity contribution is 5.97. The SMILES string of the molecule is Cc1cc(N2CCNC(=O)C2(C)C)cc(C(=O)O)c1N. The predicted molar refractivity (Wildman–Crippen MR) is 77.0 cm³/mol. The number of aromatic carboxylic acids is 1. The molecule has 0 atom stereocenters. The van der Waals surface area contributed by atoms with Crippen LogP contribution in [0.3, 0.4) is 0 Å². The minimum Gasteiger partial charge on any atom is -0.478 e. The van der Waals surface area contributed by atoms with Crippen LogP contribution in [0.2, 0.25) is 0 Å². The fraction of sp³-hybridized carbons (Fsp3) is 0.429. The van der Waals surface area contributed by atoms with E-state index in [0.717, 1.165) is 0 Å². The molecule has 1 aromatic carbocycles. The summed E-state index contributed by atoms with van der Waals surface area (Å²) >= 11 is 0. The number of nitrogens with one attached hydrogen (secondary N) is 1. The Morgan fingerprint density at radius 2 is 2.10 bits per heavy atom. The van der Waals surface area contributed by atoms with Gasteiger partial charge in [0.15, 0.2) is 0 Å². The van der Waals surface area contributed by atoms with E-state index in [0.29, 0.717) is 24.3 Å². The van der Waals surface area contributed by atoms with E-state index in [1.165, 1.54) is 6.07 Å². The molecule has 6 heteroatoms. The average Bonchev–Trinajstić information content (AvgIpc) is 2.35. The minimum atomic E-state index is -1.06. The number of anilines is 2. The molecule has 0 aromatic heterocycles. The van der Waals surface area contributed by atoms with E-state index in [4.69, 9.17) is 5.73 Å². The third kappa shape index (κ3) is 2.17. The highest BCUT2D eigenvalue weighted by Crippen LogP contribution is 2.31. The molecule has 0 unspecified atom stereocenters. The van der Waals surface area contributed by atoms with Crippen LogP contribution < -0.4 is 16.0 Å². The molecular weight excluding hydrogens is 258 g/mol. The fourth-order valence-electron chi connectivity index (χ4n) is 2.46. The molecule has 1 saturated heterocycles. The quantitative estimate of drug-likeness (QED) is 0.701. The summed E-state index contributed by atoms with van der Waals surface area (Å²) in [6, 6.07) is 3.35. The van der Waals surface area contributed by atoms with Gasteiger partial charge in [-0.25, -0.2) is 4.79 Å². The van der Waals surface area contributed by atoms with Crippen molar-refractivity contribution in [1.29, 1.82) is 0 Å². The van der Waals surface area contributed by atoms with Crippen molar-refractivity contribution in [3.05, 3.63) is 23.3 Å². The number of hydrogen-bond donors (Lipinski definition) is 3. The Morgan fingerprint density at radius 1 is 1.45 bits per heavy atom. The monoisotopic (exact) mass is 277 g/mol. The first kappa shape index (κ1) is 14.2. The minimum absolute atomic E-state index is 0.0711. The maximum absolute atomic E-state index is 12.0. The molecule has 1 fully saturated rings. The molecule has 108 valence electrons. The zero-order valence-electron chi connectivity index (χ0n) is 11.9. The molecular formula is C14H19N3O3. The van der Waals surface area contributed by atoms with Crippen molar-refractivity contribution in [2.75, 3.05) is 23.7 Å². The summed E-state index contributed by atoms with van der Waals surface area (Å²) in [5.41, 5.74) is 6.81.